The molecule has 1 saturated carbocycles. The molecule has 5 aliphatic heterocycles. The predicted octanol–water partition coefficient (Wildman–Crippen LogP) is -0.737. The van der Waals surface area contributed by atoms with Crippen LogP contribution in [-0.4, -0.2) is 114 Å². The third-order valence-corrected chi connectivity index (χ3v) is 11.6. The first-order valence-corrected chi connectivity index (χ1v) is 18.7. The number of Topliss-reactive ketones (excluding diaryl/α,β-unsaturated/α-hetero) is 1. The van der Waals surface area contributed by atoms with Gasteiger partial charge in [-0.3, -0.25) is 24.3 Å². The zero-order valence-corrected chi connectivity index (χ0v) is 31.2. The molecule has 0 aromatic heterocycles. The number of quaternary nitrogens is 1. The Hall–Kier alpha value is -5.08. The molecule has 2 fully saturated rings. The molecule has 0 amide bonds. The van der Waals surface area contributed by atoms with Gasteiger partial charge in [0.15, 0.2) is 17.6 Å². The van der Waals surface area contributed by atoms with E-state index in [1.165, 1.54) is 0 Å². The average Bonchev–Trinajstić information content (AvgIpc) is 3.89. The van der Waals surface area contributed by atoms with Crippen molar-refractivity contribution in [2.75, 3.05) is 20.8 Å². The Bertz CT molecular complexity index is 2060. The number of nitrogens with zero attached hydrogens (tertiary/aromatic N) is 1. The minimum atomic E-state index is -1.89. The standard InChI is InChI=1S/C39H44N4O14/c1-51-23-4-3-21-28-34(55-32(21)33(23)52-2)27-18(15-43-14-17-7-10-42-22(17)16-43)11-20(12-24(27)57-39(28)8-5-19(44)6-9-39)53-38-31(50)29(48)30(49)35(56-38)36(37(40)41)54-26(47)13-25(45)46/h3-4,7,10-12,16,28-31,34-38,48-50H,5-6,8-9,13-15,40-41H2,1-2H3,(H,45,46)/p+1. The number of benzene rings is 2. The highest BCUT2D eigenvalue weighted by Gasteiger charge is 2.58. The molecule has 0 bridgehead atoms. The largest absolute Gasteiger partial charge is 0.493 e. The first-order valence-electron chi connectivity index (χ1n) is 18.7. The Kier molecular flexibility index (Phi) is 10.2. The highest BCUT2D eigenvalue weighted by Crippen LogP contribution is 2.64. The SMILES string of the molecule is COc1ccc2c(c1OC)OC1c3c(C[NH+]4C=C5N=CC=C5C4)cc(OC4OC(C(OC(=O)CC(=O)O)C(N)N)C(O)C(O)C4O)cc3OC3(CCC(=O)CC3)C21. The number of carbonyl (C=O) groups is 3. The van der Waals surface area contributed by atoms with Gasteiger partial charge in [-0.15, -0.1) is 0 Å². The van der Waals surface area contributed by atoms with Crippen molar-refractivity contribution in [2.24, 2.45) is 16.5 Å². The van der Waals surface area contributed by atoms with Crippen LogP contribution in [0.2, 0.25) is 0 Å². The molecule has 9 N–H and O–H groups in total. The summed E-state index contributed by atoms with van der Waals surface area (Å²) in [4.78, 5) is 41.6. The smallest absolute Gasteiger partial charge is 0.317 e. The fourth-order valence-corrected chi connectivity index (χ4v) is 8.91. The molecule has 18 heteroatoms. The fourth-order valence-electron chi connectivity index (χ4n) is 8.91. The van der Waals surface area contributed by atoms with Crippen LogP contribution in [0, 0.1) is 0 Å². The lowest BCUT2D eigenvalue weighted by Gasteiger charge is -2.48. The molecule has 0 radical (unpaired) electrons. The number of carboxylic acids is 1. The van der Waals surface area contributed by atoms with Gasteiger partial charge in [0, 0.05) is 47.4 Å². The number of aliphatic hydroxyl groups is 3. The summed E-state index contributed by atoms with van der Waals surface area (Å²) in [5.41, 5.74) is 15.2. The molecule has 1 saturated heterocycles. The zero-order valence-electron chi connectivity index (χ0n) is 31.2. The van der Waals surface area contributed by atoms with E-state index in [0.29, 0.717) is 61.8 Å². The fraction of sp³-hybridized carbons (Fsp3) is 0.487. The maximum absolute atomic E-state index is 12.7. The Morgan fingerprint density at radius 3 is 2.53 bits per heavy atom. The van der Waals surface area contributed by atoms with Gasteiger partial charge in [0.25, 0.3) is 0 Å². The number of ether oxygens (including phenoxy) is 7. The van der Waals surface area contributed by atoms with Gasteiger partial charge in [0.2, 0.25) is 12.0 Å². The molecular weight excluding hydrogens is 748 g/mol. The van der Waals surface area contributed by atoms with E-state index >= 15 is 0 Å². The van der Waals surface area contributed by atoms with Crippen molar-refractivity contribution in [1.29, 1.82) is 0 Å². The lowest BCUT2D eigenvalue weighted by Crippen LogP contribution is -3.04. The van der Waals surface area contributed by atoms with E-state index in [9.17, 15) is 29.7 Å². The molecule has 18 nitrogen and oxygen atoms in total. The molecule has 1 spiro atoms. The Labute approximate surface area is 326 Å². The van der Waals surface area contributed by atoms with Crippen LogP contribution < -0.4 is 40.1 Å². The van der Waals surface area contributed by atoms with Gasteiger partial charge < -0.3 is 65.1 Å². The quantitative estimate of drug-likeness (QED) is 0.0840. The number of esters is 1. The van der Waals surface area contributed by atoms with E-state index in [1.807, 2.05) is 24.4 Å². The predicted molar refractivity (Wildman–Crippen MR) is 195 cm³/mol. The van der Waals surface area contributed by atoms with Crippen LogP contribution >= 0.6 is 0 Å². The van der Waals surface area contributed by atoms with Crippen molar-refractivity contribution in [1.82, 2.24) is 0 Å². The minimum Gasteiger partial charge on any atom is -0.493 e. The maximum atomic E-state index is 12.7. The Morgan fingerprint density at radius 2 is 1.84 bits per heavy atom. The number of rotatable bonds is 11. The van der Waals surface area contributed by atoms with E-state index in [-0.39, 0.29) is 17.5 Å². The molecule has 1 aliphatic carbocycles. The molecule has 2 aromatic carbocycles. The van der Waals surface area contributed by atoms with Gasteiger partial charge >= 0.3 is 11.9 Å². The monoisotopic (exact) mass is 793 g/mol. The number of aliphatic carboxylic acids is 1. The number of nitrogens with one attached hydrogen (secondary N) is 1. The molecule has 2 aromatic rings. The van der Waals surface area contributed by atoms with Crippen molar-refractivity contribution in [2.45, 2.75) is 99.2 Å². The van der Waals surface area contributed by atoms with Crippen LogP contribution in [0.1, 0.15) is 60.8 Å². The van der Waals surface area contributed by atoms with Crippen LogP contribution in [0.5, 0.6) is 28.7 Å². The second-order valence-corrected chi connectivity index (χ2v) is 15.1. The second-order valence-electron chi connectivity index (χ2n) is 15.1. The number of carbonyl (C=O) groups excluding carboxylic acids is 2. The summed E-state index contributed by atoms with van der Waals surface area (Å²) in [6, 6.07) is 7.16. The summed E-state index contributed by atoms with van der Waals surface area (Å²) in [5.74, 6) is -0.895. The maximum Gasteiger partial charge on any atom is 0.317 e. The first kappa shape index (κ1) is 38.8. The van der Waals surface area contributed by atoms with E-state index in [0.717, 1.165) is 32.9 Å². The number of fused-ring (bicyclic) bond motifs is 7. The molecule has 9 atom stereocenters. The van der Waals surface area contributed by atoms with Crippen molar-refractivity contribution in [3.05, 3.63) is 64.5 Å². The van der Waals surface area contributed by atoms with Crippen LogP contribution in [0.3, 0.4) is 0 Å². The van der Waals surface area contributed by atoms with Gasteiger partial charge in [-0.25, -0.2) is 0 Å². The summed E-state index contributed by atoms with van der Waals surface area (Å²) in [6.07, 6.45) is -6.47. The number of aliphatic imine (C=N–C) groups is 1. The van der Waals surface area contributed by atoms with Crippen molar-refractivity contribution < 1.29 is 72.9 Å². The van der Waals surface area contributed by atoms with Crippen LogP contribution in [0.25, 0.3) is 0 Å². The zero-order chi connectivity index (χ0) is 40.3. The summed E-state index contributed by atoms with van der Waals surface area (Å²) in [6.45, 7) is 1.07. The van der Waals surface area contributed by atoms with Gasteiger partial charge in [-0.05, 0) is 31.1 Å². The number of methoxy groups -OCH3 is 2. The Balaban J connectivity index is 1.19. The molecular formula is C39H45N4O14+. The summed E-state index contributed by atoms with van der Waals surface area (Å²) >= 11 is 0. The number of aliphatic hydroxyl groups excluding tert-OH is 3. The van der Waals surface area contributed by atoms with Crippen molar-refractivity contribution >= 4 is 23.9 Å². The molecule has 6 aliphatic rings. The first-order chi connectivity index (χ1) is 27.3. The third kappa shape index (κ3) is 6.90. The van der Waals surface area contributed by atoms with Gasteiger partial charge in [-0.1, -0.05) is 6.07 Å². The minimum absolute atomic E-state index is 0.131. The van der Waals surface area contributed by atoms with E-state index in [2.05, 4.69) is 4.99 Å². The Morgan fingerprint density at radius 1 is 1.07 bits per heavy atom. The van der Waals surface area contributed by atoms with Crippen molar-refractivity contribution in [3.63, 3.8) is 0 Å². The topological polar surface area (TPSA) is 266 Å². The van der Waals surface area contributed by atoms with Crippen LogP contribution in [-0.2, 0) is 30.4 Å². The number of hydrogen-bond donors (Lipinski definition) is 7. The number of nitrogens with two attached hydrogens (primary N) is 2. The summed E-state index contributed by atoms with van der Waals surface area (Å²) < 4.78 is 42.8. The van der Waals surface area contributed by atoms with E-state index in [1.54, 1.807) is 32.6 Å². The average molecular weight is 794 g/mol. The normalized spacial score (nSPS) is 29.6. The number of carboxylic acid groups (broad SMARTS) is 1. The second kappa shape index (κ2) is 15.0. The number of hydrogen-bond acceptors (Lipinski definition) is 16. The summed E-state index contributed by atoms with van der Waals surface area (Å²) in [5, 5.41) is 42.1. The van der Waals surface area contributed by atoms with E-state index < -0.39 is 73.0 Å². The van der Waals surface area contributed by atoms with E-state index in [4.69, 9.17) is 49.7 Å². The number of ketones is 1. The van der Waals surface area contributed by atoms with Gasteiger partial charge in [-0.2, -0.15) is 0 Å². The summed E-state index contributed by atoms with van der Waals surface area (Å²) in [7, 11) is 3.09. The van der Waals surface area contributed by atoms with Gasteiger partial charge in [0.1, 0.15) is 84.8 Å². The van der Waals surface area contributed by atoms with Crippen LogP contribution in [0.15, 0.2) is 52.8 Å². The third-order valence-electron chi connectivity index (χ3n) is 11.6. The molecule has 57 heavy (non-hydrogen) atoms. The number of allylic oxidation sites excluding steroid dienone is 1. The van der Waals surface area contributed by atoms with Gasteiger partial charge in [0.05, 0.1) is 26.3 Å². The van der Waals surface area contributed by atoms with Crippen molar-refractivity contribution in [3.8, 4) is 28.7 Å². The lowest BCUT2D eigenvalue weighted by atomic mass is 9.67. The highest BCUT2D eigenvalue weighted by atomic mass is 16.7. The highest BCUT2D eigenvalue weighted by molar-refractivity contribution is 5.90. The molecule has 5 heterocycles. The van der Waals surface area contributed by atoms with Crippen LogP contribution in [0.4, 0.5) is 0 Å². The molecule has 9 unspecified atom stereocenters. The lowest BCUT2D eigenvalue weighted by molar-refractivity contribution is -0.851. The molecule has 8 rings (SSSR count). The molecule has 304 valence electrons.